The SMILES string of the molecule is CC(O)NS(=O)(=O)CC(=O)O. The molecule has 0 saturated carbocycles. The minimum atomic E-state index is -3.88. The average molecular weight is 183 g/mol. The van der Waals surface area contributed by atoms with E-state index in [4.69, 9.17) is 10.2 Å². The summed E-state index contributed by atoms with van der Waals surface area (Å²) in [5, 5.41) is 16.6. The zero-order chi connectivity index (χ0) is 9.07. The third kappa shape index (κ3) is 5.77. The average Bonchev–Trinajstić information content (AvgIpc) is 1.53. The van der Waals surface area contributed by atoms with Gasteiger partial charge in [0.1, 0.15) is 6.23 Å². The van der Waals surface area contributed by atoms with Crippen LogP contribution in [-0.2, 0) is 14.8 Å². The molecular formula is C4H9NO5S. The van der Waals surface area contributed by atoms with Crippen LogP contribution in [0.5, 0.6) is 0 Å². The van der Waals surface area contributed by atoms with Crippen LogP contribution in [0.3, 0.4) is 0 Å². The van der Waals surface area contributed by atoms with Crippen LogP contribution in [-0.4, -0.2) is 36.6 Å². The molecule has 66 valence electrons. The zero-order valence-electron chi connectivity index (χ0n) is 5.81. The quantitative estimate of drug-likeness (QED) is 0.452. The topological polar surface area (TPSA) is 104 Å². The summed E-state index contributed by atoms with van der Waals surface area (Å²) in [6.07, 6.45) is -1.26. The summed E-state index contributed by atoms with van der Waals surface area (Å²) in [6, 6.07) is 0. The van der Waals surface area contributed by atoms with E-state index < -0.39 is 28.0 Å². The fraction of sp³-hybridized carbons (Fsp3) is 0.750. The minimum absolute atomic E-state index is 1.03. The van der Waals surface area contributed by atoms with E-state index in [9.17, 15) is 13.2 Å². The van der Waals surface area contributed by atoms with Crippen LogP contribution in [0.2, 0.25) is 0 Å². The van der Waals surface area contributed by atoms with Crippen LogP contribution in [0.1, 0.15) is 6.92 Å². The van der Waals surface area contributed by atoms with Crippen LogP contribution >= 0.6 is 0 Å². The van der Waals surface area contributed by atoms with Crippen molar-refractivity contribution < 1.29 is 23.4 Å². The molecule has 1 unspecified atom stereocenters. The van der Waals surface area contributed by atoms with Crippen molar-refractivity contribution in [2.45, 2.75) is 13.2 Å². The lowest BCUT2D eigenvalue weighted by molar-refractivity contribution is -0.134. The fourth-order valence-electron chi connectivity index (χ4n) is 0.464. The second kappa shape index (κ2) is 3.65. The first-order valence-electron chi connectivity index (χ1n) is 2.73. The second-order valence-electron chi connectivity index (χ2n) is 1.95. The molecule has 7 heteroatoms. The number of aliphatic hydroxyl groups is 1. The Balaban J connectivity index is 4.14. The van der Waals surface area contributed by atoms with Gasteiger partial charge in [-0.2, -0.15) is 4.72 Å². The summed E-state index contributed by atoms with van der Waals surface area (Å²) in [6.45, 7) is 1.18. The van der Waals surface area contributed by atoms with Gasteiger partial charge in [-0.05, 0) is 6.92 Å². The third-order valence-corrected chi connectivity index (χ3v) is 1.99. The number of rotatable bonds is 4. The lowest BCUT2D eigenvalue weighted by atomic mass is 10.7. The maximum atomic E-state index is 10.6. The molecule has 0 heterocycles. The Hall–Kier alpha value is -0.660. The molecule has 0 saturated heterocycles. The number of hydrogen-bond donors (Lipinski definition) is 3. The molecule has 3 N–H and O–H groups in total. The standard InChI is InChI=1S/C4H9NO5S/c1-3(6)5-11(9,10)2-4(7)8/h3,5-6H,2H2,1H3,(H,7,8). The van der Waals surface area contributed by atoms with Crippen LogP contribution in [0.25, 0.3) is 0 Å². The summed E-state index contributed by atoms with van der Waals surface area (Å²) in [5.74, 6) is -2.49. The molecule has 0 radical (unpaired) electrons. The minimum Gasteiger partial charge on any atom is -0.480 e. The molecule has 0 aromatic heterocycles. The molecule has 0 aliphatic heterocycles. The predicted molar refractivity (Wildman–Crippen MR) is 36.2 cm³/mol. The van der Waals surface area contributed by atoms with E-state index in [1.165, 1.54) is 6.92 Å². The van der Waals surface area contributed by atoms with Crippen LogP contribution in [0.4, 0.5) is 0 Å². The first kappa shape index (κ1) is 10.3. The van der Waals surface area contributed by atoms with E-state index in [0.717, 1.165) is 0 Å². The highest BCUT2D eigenvalue weighted by atomic mass is 32.2. The molecule has 0 aromatic rings. The van der Waals surface area contributed by atoms with Gasteiger partial charge < -0.3 is 10.2 Å². The van der Waals surface area contributed by atoms with Crippen LogP contribution < -0.4 is 4.72 Å². The summed E-state index contributed by atoms with van der Waals surface area (Å²) < 4.78 is 22.9. The normalized spacial score (nSPS) is 14.4. The van der Waals surface area contributed by atoms with Gasteiger partial charge in [0.25, 0.3) is 0 Å². The number of carbonyl (C=O) groups is 1. The van der Waals surface area contributed by atoms with Crippen LogP contribution in [0, 0.1) is 0 Å². The van der Waals surface area contributed by atoms with Crippen molar-refractivity contribution in [3.05, 3.63) is 0 Å². The smallest absolute Gasteiger partial charge is 0.320 e. The number of sulfonamides is 1. The van der Waals surface area contributed by atoms with Gasteiger partial charge in [0.05, 0.1) is 0 Å². The lowest BCUT2D eigenvalue weighted by Crippen LogP contribution is -2.36. The molecule has 0 aliphatic carbocycles. The number of carboxylic acids is 1. The summed E-state index contributed by atoms with van der Waals surface area (Å²) in [4.78, 5) is 9.90. The maximum absolute atomic E-state index is 10.6. The Bertz CT molecular complexity index is 231. The van der Waals surface area contributed by atoms with Crippen molar-refractivity contribution >= 4 is 16.0 Å². The van der Waals surface area contributed by atoms with Crippen molar-refractivity contribution in [1.29, 1.82) is 0 Å². The Kier molecular flexibility index (Phi) is 3.43. The Morgan fingerprint density at radius 1 is 1.64 bits per heavy atom. The highest BCUT2D eigenvalue weighted by molar-refractivity contribution is 7.90. The molecule has 0 rings (SSSR count). The van der Waals surface area contributed by atoms with Gasteiger partial charge in [0, 0.05) is 0 Å². The third-order valence-electron chi connectivity index (χ3n) is 0.664. The van der Waals surface area contributed by atoms with Gasteiger partial charge in [-0.15, -0.1) is 0 Å². The van der Waals surface area contributed by atoms with E-state index in [1.54, 1.807) is 4.72 Å². The van der Waals surface area contributed by atoms with Gasteiger partial charge >= 0.3 is 5.97 Å². The molecule has 6 nitrogen and oxygen atoms in total. The number of nitrogens with one attached hydrogen (secondary N) is 1. The first-order chi connectivity index (χ1) is 4.83. The first-order valence-corrected chi connectivity index (χ1v) is 4.38. The van der Waals surface area contributed by atoms with Gasteiger partial charge in [-0.25, -0.2) is 8.42 Å². The molecule has 0 fully saturated rings. The Morgan fingerprint density at radius 2 is 2.09 bits per heavy atom. The Labute approximate surface area is 63.9 Å². The van der Waals surface area contributed by atoms with Crippen molar-refractivity contribution in [2.75, 3.05) is 5.75 Å². The van der Waals surface area contributed by atoms with Gasteiger partial charge in [-0.3, -0.25) is 4.79 Å². The molecule has 0 bridgehead atoms. The summed E-state index contributed by atoms with van der Waals surface area (Å²) in [5.41, 5.74) is 0. The predicted octanol–water partition coefficient (Wildman–Crippen LogP) is -1.67. The summed E-state index contributed by atoms with van der Waals surface area (Å²) >= 11 is 0. The highest BCUT2D eigenvalue weighted by Gasteiger charge is 2.16. The molecular weight excluding hydrogens is 174 g/mol. The van der Waals surface area contributed by atoms with E-state index in [1.807, 2.05) is 0 Å². The van der Waals surface area contributed by atoms with Crippen molar-refractivity contribution in [3.63, 3.8) is 0 Å². The maximum Gasteiger partial charge on any atom is 0.320 e. The molecule has 0 aromatic carbocycles. The largest absolute Gasteiger partial charge is 0.480 e. The molecule has 11 heavy (non-hydrogen) atoms. The van der Waals surface area contributed by atoms with Gasteiger partial charge in [0.15, 0.2) is 5.75 Å². The monoisotopic (exact) mass is 183 g/mol. The van der Waals surface area contributed by atoms with Crippen LogP contribution in [0.15, 0.2) is 0 Å². The van der Waals surface area contributed by atoms with Gasteiger partial charge in [-0.1, -0.05) is 0 Å². The van der Waals surface area contributed by atoms with Crippen molar-refractivity contribution in [1.82, 2.24) is 4.72 Å². The number of carboxylic acid groups (broad SMARTS) is 1. The number of aliphatic hydroxyl groups excluding tert-OH is 1. The van der Waals surface area contributed by atoms with E-state index in [2.05, 4.69) is 0 Å². The summed E-state index contributed by atoms with van der Waals surface area (Å²) in [7, 11) is -3.88. The van der Waals surface area contributed by atoms with E-state index >= 15 is 0 Å². The molecule has 1 atom stereocenters. The van der Waals surface area contributed by atoms with E-state index in [-0.39, 0.29) is 0 Å². The number of aliphatic carboxylic acids is 1. The molecule has 0 spiro atoms. The highest BCUT2D eigenvalue weighted by Crippen LogP contribution is 1.85. The second-order valence-corrected chi connectivity index (χ2v) is 3.70. The Morgan fingerprint density at radius 3 is 2.36 bits per heavy atom. The lowest BCUT2D eigenvalue weighted by Gasteiger charge is -2.05. The fourth-order valence-corrected chi connectivity index (χ4v) is 1.39. The zero-order valence-corrected chi connectivity index (χ0v) is 6.63. The number of hydrogen-bond acceptors (Lipinski definition) is 4. The van der Waals surface area contributed by atoms with Crippen molar-refractivity contribution in [3.8, 4) is 0 Å². The van der Waals surface area contributed by atoms with Crippen molar-refractivity contribution in [2.24, 2.45) is 0 Å². The van der Waals surface area contributed by atoms with Gasteiger partial charge in [0.2, 0.25) is 10.0 Å². The molecule has 0 aliphatic rings. The molecule has 0 amide bonds. The van der Waals surface area contributed by atoms with E-state index in [0.29, 0.717) is 0 Å².